The van der Waals surface area contributed by atoms with Crippen LogP contribution in [0, 0.1) is 0 Å². The Balaban J connectivity index is 2.64. The molecule has 5 heteroatoms. The Morgan fingerprint density at radius 3 is 2.40 bits per heavy atom. The van der Waals surface area contributed by atoms with Gasteiger partial charge in [0.2, 0.25) is 5.91 Å². The van der Waals surface area contributed by atoms with Crippen LogP contribution in [0.3, 0.4) is 0 Å². The monoisotopic (exact) mass is 278 g/mol. The quantitative estimate of drug-likeness (QED) is 0.767. The van der Waals surface area contributed by atoms with E-state index in [0.717, 1.165) is 0 Å². The maximum Gasteiger partial charge on any atom is 0.336 e. The smallest absolute Gasteiger partial charge is 0.336 e. The average molecular weight is 278 g/mol. The van der Waals surface area contributed by atoms with Gasteiger partial charge in [0, 0.05) is 12.1 Å². The van der Waals surface area contributed by atoms with Crippen molar-refractivity contribution in [3.05, 3.63) is 35.4 Å². The SMILES string of the molecule is CC(NCc1ccccc1C(=O)O)C(=O)NC(C)(C)C. The van der Waals surface area contributed by atoms with Crippen molar-refractivity contribution in [1.82, 2.24) is 10.6 Å². The molecular weight excluding hydrogens is 256 g/mol. The zero-order valence-corrected chi connectivity index (χ0v) is 12.4. The molecule has 0 spiro atoms. The average Bonchev–Trinajstić information content (AvgIpc) is 2.34. The highest BCUT2D eigenvalue weighted by molar-refractivity contribution is 5.89. The van der Waals surface area contributed by atoms with E-state index in [1.54, 1.807) is 31.2 Å². The molecule has 0 fully saturated rings. The van der Waals surface area contributed by atoms with Gasteiger partial charge in [-0.1, -0.05) is 18.2 Å². The van der Waals surface area contributed by atoms with Gasteiger partial charge in [0.15, 0.2) is 0 Å². The first kappa shape index (κ1) is 16.2. The number of rotatable bonds is 5. The number of carbonyl (C=O) groups excluding carboxylic acids is 1. The standard InChI is InChI=1S/C15H22N2O3/c1-10(13(18)17-15(2,3)4)16-9-11-7-5-6-8-12(11)14(19)20/h5-8,10,16H,9H2,1-4H3,(H,17,18)(H,19,20). The molecule has 0 saturated heterocycles. The molecule has 0 bridgehead atoms. The predicted molar refractivity (Wildman–Crippen MR) is 77.6 cm³/mol. The van der Waals surface area contributed by atoms with Crippen LogP contribution in [-0.4, -0.2) is 28.6 Å². The van der Waals surface area contributed by atoms with E-state index in [1.807, 2.05) is 20.8 Å². The topological polar surface area (TPSA) is 78.4 Å². The van der Waals surface area contributed by atoms with Crippen LogP contribution in [0.1, 0.15) is 43.6 Å². The van der Waals surface area contributed by atoms with Crippen molar-refractivity contribution >= 4 is 11.9 Å². The van der Waals surface area contributed by atoms with E-state index in [1.165, 1.54) is 0 Å². The minimum Gasteiger partial charge on any atom is -0.478 e. The molecule has 0 aliphatic rings. The van der Waals surface area contributed by atoms with Crippen molar-refractivity contribution in [1.29, 1.82) is 0 Å². The van der Waals surface area contributed by atoms with E-state index in [2.05, 4.69) is 10.6 Å². The summed E-state index contributed by atoms with van der Waals surface area (Å²) >= 11 is 0. The second-order valence-corrected chi connectivity index (χ2v) is 5.80. The van der Waals surface area contributed by atoms with Gasteiger partial charge in [-0.05, 0) is 39.3 Å². The zero-order valence-electron chi connectivity index (χ0n) is 12.4. The molecule has 0 saturated carbocycles. The highest BCUT2D eigenvalue weighted by Crippen LogP contribution is 2.09. The molecule has 0 aromatic heterocycles. The number of hydrogen-bond donors (Lipinski definition) is 3. The van der Waals surface area contributed by atoms with Crippen molar-refractivity contribution in [3.63, 3.8) is 0 Å². The molecule has 0 aliphatic carbocycles. The van der Waals surface area contributed by atoms with E-state index in [-0.39, 0.29) is 17.0 Å². The van der Waals surface area contributed by atoms with Crippen LogP contribution in [0.25, 0.3) is 0 Å². The van der Waals surface area contributed by atoms with E-state index < -0.39 is 12.0 Å². The summed E-state index contributed by atoms with van der Waals surface area (Å²) in [5.74, 6) is -1.07. The molecule has 1 amide bonds. The van der Waals surface area contributed by atoms with Crippen molar-refractivity contribution in [2.75, 3.05) is 0 Å². The van der Waals surface area contributed by atoms with Gasteiger partial charge in [0.25, 0.3) is 0 Å². The Morgan fingerprint density at radius 2 is 1.85 bits per heavy atom. The molecule has 0 heterocycles. The summed E-state index contributed by atoms with van der Waals surface area (Å²) < 4.78 is 0. The summed E-state index contributed by atoms with van der Waals surface area (Å²) in [5.41, 5.74) is 0.630. The third-order valence-electron chi connectivity index (χ3n) is 2.74. The van der Waals surface area contributed by atoms with E-state index in [0.29, 0.717) is 12.1 Å². The molecule has 1 rings (SSSR count). The van der Waals surface area contributed by atoms with Crippen molar-refractivity contribution in [2.24, 2.45) is 0 Å². The van der Waals surface area contributed by atoms with Gasteiger partial charge in [-0.3, -0.25) is 4.79 Å². The summed E-state index contributed by atoms with van der Waals surface area (Å²) in [7, 11) is 0. The van der Waals surface area contributed by atoms with Crippen molar-refractivity contribution in [2.45, 2.75) is 45.8 Å². The Morgan fingerprint density at radius 1 is 1.25 bits per heavy atom. The largest absolute Gasteiger partial charge is 0.478 e. The Kier molecular flexibility index (Phi) is 5.27. The summed E-state index contributed by atoms with van der Waals surface area (Å²) in [6.07, 6.45) is 0. The second-order valence-electron chi connectivity index (χ2n) is 5.80. The molecule has 110 valence electrons. The van der Waals surface area contributed by atoms with Crippen LogP contribution in [-0.2, 0) is 11.3 Å². The summed E-state index contributed by atoms with van der Waals surface area (Å²) in [6.45, 7) is 7.83. The van der Waals surface area contributed by atoms with Gasteiger partial charge in [0.05, 0.1) is 11.6 Å². The Bertz CT molecular complexity index is 492. The van der Waals surface area contributed by atoms with Gasteiger partial charge in [-0.2, -0.15) is 0 Å². The van der Waals surface area contributed by atoms with E-state index >= 15 is 0 Å². The Labute approximate surface area is 119 Å². The third kappa shape index (κ3) is 5.01. The number of amides is 1. The molecule has 1 aromatic rings. The fraction of sp³-hybridized carbons (Fsp3) is 0.467. The van der Waals surface area contributed by atoms with Crippen molar-refractivity contribution in [3.8, 4) is 0 Å². The van der Waals surface area contributed by atoms with Crippen LogP contribution in [0.15, 0.2) is 24.3 Å². The molecule has 3 N–H and O–H groups in total. The lowest BCUT2D eigenvalue weighted by Crippen LogP contribution is -2.49. The molecule has 0 aliphatic heterocycles. The fourth-order valence-electron chi connectivity index (χ4n) is 1.72. The predicted octanol–water partition coefficient (Wildman–Crippen LogP) is 1.78. The van der Waals surface area contributed by atoms with E-state index in [9.17, 15) is 9.59 Å². The van der Waals surface area contributed by atoms with Crippen LogP contribution < -0.4 is 10.6 Å². The number of carboxylic acids is 1. The minimum atomic E-state index is -0.964. The number of nitrogens with one attached hydrogen (secondary N) is 2. The van der Waals surface area contributed by atoms with Crippen LogP contribution in [0.5, 0.6) is 0 Å². The summed E-state index contributed by atoms with van der Waals surface area (Å²) in [6, 6.07) is 6.37. The number of aromatic carboxylic acids is 1. The second kappa shape index (κ2) is 6.52. The van der Waals surface area contributed by atoms with Gasteiger partial charge < -0.3 is 15.7 Å². The van der Waals surface area contributed by atoms with Gasteiger partial charge in [0.1, 0.15) is 0 Å². The minimum absolute atomic E-state index is 0.106. The lowest BCUT2D eigenvalue weighted by molar-refractivity contribution is -0.124. The fourth-order valence-corrected chi connectivity index (χ4v) is 1.72. The maximum absolute atomic E-state index is 11.9. The van der Waals surface area contributed by atoms with Gasteiger partial charge >= 0.3 is 5.97 Å². The molecule has 1 aromatic carbocycles. The molecule has 0 radical (unpaired) electrons. The van der Waals surface area contributed by atoms with Crippen LogP contribution in [0.2, 0.25) is 0 Å². The molecule has 20 heavy (non-hydrogen) atoms. The summed E-state index contributed by atoms with van der Waals surface area (Å²) in [4.78, 5) is 23.0. The van der Waals surface area contributed by atoms with Crippen LogP contribution >= 0.6 is 0 Å². The molecule has 5 nitrogen and oxygen atoms in total. The Hall–Kier alpha value is -1.88. The lowest BCUT2D eigenvalue weighted by atomic mass is 10.1. The molecule has 1 unspecified atom stereocenters. The first-order valence-electron chi connectivity index (χ1n) is 6.57. The number of carboxylic acid groups (broad SMARTS) is 1. The van der Waals surface area contributed by atoms with E-state index in [4.69, 9.17) is 5.11 Å². The van der Waals surface area contributed by atoms with Gasteiger partial charge in [-0.15, -0.1) is 0 Å². The lowest BCUT2D eigenvalue weighted by Gasteiger charge is -2.23. The number of carbonyl (C=O) groups is 2. The first-order valence-corrected chi connectivity index (χ1v) is 6.57. The third-order valence-corrected chi connectivity index (χ3v) is 2.74. The normalized spacial score (nSPS) is 12.8. The van der Waals surface area contributed by atoms with Crippen molar-refractivity contribution < 1.29 is 14.7 Å². The molecular formula is C15H22N2O3. The maximum atomic E-state index is 11.9. The first-order chi connectivity index (χ1) is 9.20. The van der Waals surface area contributed by atoms with Gasteiger partial charge in [-0.25, -0.2) is 4.79 Å². The number of benzene rings is 1. The summed E-state index contributed by atoms with van der Waals surface area (Å²) in [5, 5.41) is 15.0. The molecule has 1 atom stereocenters. The van der Waals surface area contributed by atoms with Crippen LogP contribution in [0.4, 0.5) is 0 Å². The highest BCUT2D eigenvalue weighted by atomic mass is 16.4. The number of hydrogen-bond acceptors (Lipinski definition) is 3. The highest BCUT2D eigenvalue weighted by Gasteiger charge is 2.19. The zero-order chi connectivity index (χ0) is 15.3.